The van der Waals surface area contributed by atoms with Gasteiger partial charge in [0.1, 0.15) is 17.6 Å². The van der Waals surface area contributed by atoms with Gasteiger partial charge >= 0.3 is 6.09 Å². The summed E-state index contributed by atoms with van der Waals surface area (Å²) in [5.41, 5.74) is 1.43. The van der Waals surface area contributed by atoms with Crippen LogP contribution >= 0.6 is 0 Å². The molecule has 0 radical (unpaired) electrons. The van der Waals surface area contributed by atoms with Crippen molar-refractivity contribution in [2.75, 3.05) is 27.2 Å². The first-order valence-corrected chi connectivity index (χ1v) is 8.94. The smallest absolute Gasteiger partial charge is 0.410 e. The van der Waals surface area contributed by atoms with Gasteiger partial charge in [0, 0.05) is 45.5 Å². The van der Waals surface area contributed by atoms with E-state index < -0.39 is 5.60 Å². The standard InChI is InChI=1S/C19H26N6O2/c1-19(2,3)27-18(26)24-9-6-14(7-10-24)25-11-8-15-16(22-13-23(4)5)20-12-21-17(15)25/h6,8,11-13H,7,9-10H2,1-5H3/b22-13+. The molecule has 2 aromatic rings. The van der Waals surface area contributed by atoms with E-state index in [0.717, 1.165) is 23.2 Å². The fourth-order valence-electron chi connectivity index (χ4n) is 2.81. The quantitative estimate of drug-likeness (QED) is 0.613. The number of hydrogen-bond donors (Lipinski definition) is 0. The summed E-state index contributed by atoms with van der Waals surface area (Å²) in [5.74, 6) is 0.638. The molecule has 0 aliphatic carbocycles. The van der Waals surface area contributed by atoms with E-state index in [-0.39, 0.29) is 6.09 Å². The number of carbonyl (C=O) groups excluding carboxylic acids is 1. The van der Waals surface area contributed by atoms with Gasteiger partial charge in [-0.15, -0.1) is 0 Å². The van der Waals surface area contributed by atoms with Crippen molar-refractivity contribution in [3.8, 4) is 0 Å². The lowest BCUT2D eigenvalue weighted by Crippen LogP contribution is -2.39. The number of ether oxygens (including phenoxy) is 1. The Kier molecular flexibility index (Phi) is 5.16. The van der Waals surface area contributed by atoms with Gasteiger partial charge in [-0.25, -0.2) is 19.8 Å². The molecule has 144 valence electrons. The molecule has 1 amide bonds. The maximum absolute atomic E-state index is 12.2. The summed E-state index contributed by atoms with van der Waals surface area (Å²) >= 11 is 0. The molecule has 0 bridgehead atoms. The number of carbonyl (C=O) groups is 1. The molecule has 1 aliphatic heterocycles. The fraction of sp³-hybridized carbons (Fsp3) is 0.474. The Hall–Kier alpha value is -2.90. The Balaban J connectivity index is 1.81. The third-order valence-electron chi connectivity index (χ3n) is 4.02. The number of aliphatic imine (C=N–C) groups is 1. The average Bonchev–Trinajstić information content (AvgIpc) is 3.03. The first-order chi connectivity index (χ1) is 12.7. The first-order valence-electron chi connectivity index (χ1n) is 8.94. The Morgan fingerprint density at radius 2 is 2.11 bits per heavy atom. The number of nitrogens with zero attached hydrogens (tertiary/aromatic N) is 6. The van der Waals surface area contributed by atoms with Gasteiger partial charge < -0.3 is 19.1 Å². The van der Waals surface area contributed by atoms with Crippen LogP contribution in [0.4, 0.5) is 10.6 Å². The fourth-order valence-corrected chi connectivity index (χ4v) is 2.81. The van der Waals surface area contributed by atoms with Crippen molar-refractivity contribution < 1.29 is 9.53 Å². The van der Waals surface area contributed by atoms with E-state index in [1.807, 2.05) is 62.7 Å². The van der Waals surface area contributed by atoms with Crippen LogP contribution in [0.3, 0.4) is 0 Å². The SMILES string of the molecule is CN(C)/C=N/c1ncnc2c1ccn2C1=CCN(C(=O)OC(C)(C)C)CC1. The maximum Gasteiger partial charge on any atom is 0.410 e. The van der Waals surface area contributed by atoms with Gasteiger partial charge in [-0.1, -0.05) is 0 Å². The van der Waals surface area contributed by atoms with Crippen LogP contribution in [0.2, 0.25) is 0 Å². The van der Waals surface area contributed by atoms with E-state index in [4.69, 9.17) is 4.74 Å². The van der Waals surface area contributed by atoms with Gasteiger partial charge in [-0.3, -0.25) is 0 Å². The zero-order valence-corrected chi connectivity index (χ0v) is 16.5. The molecule has 3 rings (SSSR count). The highest BCUT2D eigenvalue weighted by Crippen LogP contribution is 2.27. The zero-order chi connectivity index (χ0) is 19.6. The highest BCUT2D eigenvalue weighted by atomic mass is 16.6. The van der Waals surface area contributed by atoms with Gasteiger partial charge in [0.2, 0.25) is 0 Å². The molecule has 0 N–H and O–H groups in total. The Bertz CT molecular complexity index is 891. The molecule has 0 aromatic carbocycles. The van der Waals surface area contributed by atoms with Crippen molar-refractivity contribution in [3.05, 3.63) is 24.7 Å². The lowest BCUT2D eigenvalue weighted by atomic mass is 10.2. The van der Waals surface area contributed by atoms with Crippen molar-refractivity contribution in [1.29, 1.82) is 0 Å². The average molecular weight is 370 g/mol. The molecule has 3 heterocycles. The first kappa shape index (κ1) is 18.9. The molecule has 2 aromatic heterocycles. The van der Waals surface area contributed by atoms with Gasteiger partial charge in [-0.2, -0.15) is 0 Å². The third-order valence-corrected chi connectivity index (χ3v) is 4.02. The summed E-state index contributed by atoms with van der Waals surface area (Å²) in [6.07, 6.45) is 7.71. The lowest BCUT2D eigenvalue weighted by Gasteiger charge is -2.29. The minimum atomic E-state index is -0.488. The maximum atomic E-state index is 12.2. The molecule has 0 unspecified atom stereocenters. The number of hydrogen-bond acceptors (Lipinski definition) is 5. The van der Waals surface area contributed by atoms with Gasteiger partial charge in [0.25, 0.3) is 0 Å². The predicted molar refractivity (Wildman–Crippen MR) is 106 cm³/mol. The molecule has 0 saturated heterocycles. The molecule has 8 nitrogen and oxygen atoms in total. The van der Waals surface area contributed by atoms with Crippen LogP contribution < -0.4 is 0 Å². The van der Waals surface area contributed by atoms with E-state index in [2.05, 4.69) is 15.0 Å². The number of rotatable bonds is 3. The topological polar surface area (TPSA) is 75.9 Å². The number of aromatic nitrogens is 3. The molecule has 0 atom stereocenters. The summed E-state index contributed by atoms with van der Waals surface area (Å²) < 4.78 is 7.49. The van der Waals surface area contributed by atoms with Crippen LogP contribution in [0.15, 0.2) is 29.7 Å². The summed E-state index contributed by atoms with van der Waals surface area (Å²) in [6.45, 7) is 6.74. The lowest BCUT2D eigenvalue weighted by molar-refractivity contribution is 0.0269. The summed E-state index contributed by atoms with van der Waals surface area (Å²) in [5, 5.41) is 0.895. The zero-order valence-electron chi connectivity index (χ0n) is 16.5. The van der Waals surface area contributed by atoms with Crippen molar-refractivity contribution in [2.45, 2.75) is 32.8 Å². The van der Waals surface area contributed by atoms with Crippen molar-refractivity contribution >= 4 is 35.0 Å². The highest BCUT2D eigenvalue weighted by molar-refractivity contribution is 5.89. The molecule has 1 aliphatic rings. The van der Waals surface area contributed by atoms with Gasteiger partial charge in [0.05, 0.1) is 11.7 Å². The largest absolute Gasteiger partial charge is 0.444 e. The summed E-state index contributed by atoms with van der Waals surface area (Å²) in [4.78, 5) is 28.9. The Labute approximate surface area is 159 Å². The van der Waals surface area contributed by atoms with Gasteiger partial charge in [0.15, 0.2) is 5.82 Å². The van der Waals surface area contributed by atoms with E-state index in [1.165, 1.54) is 6.33 Å². The van der Waals surface area contributed by atoms with E-state index in [0.29, 0.717) is 18.9 Å². The number of fused-ring (bicyclic) bond motifs is 1. The summed E-state index contributed by atoms with van der Waals surface area (Å²) in [7, 11) is 3.83. The minimum Gasteiger partial charge on any atom is -0.444 e. The van der Waals surface area contributed by atoms with Crippen LogP contribution in [0.5, 0.6) is 0 Å². The van der Waals surface area contributed by atoms with Crippen LogP contribution in [-0.4, -0.2) is 69.6 Å². The molecule has 8 heteroatoms. The Morgan fingerprint density at radius 1 is 1.33 bits per heavy atom. The van der Waals surface area contributed by atoms with Crippen LogP contribution in [0.1, 0.15) is 27.2 Å². The van der Waals surface area contributed by atoms with Crippen LogP contribution in [0, 0.1) is 0 Å². The summed E-state index contributed by atoms with van der Waals surface area (Å²) in [6, 6.07) is 1.97. The van der Waals surface area contributed by atoms with E-state index in [9.17, 15) is 4.79 Å². The molecular formula is C19H26N6O2. The minimum absolute atomic E-state index is 0.280. The second-order valence-corrected chi connectivity index (χ2v) is 7.70. The molecule has 0 saturated carbocycles. The van der Waals surface area contributed by atoms with Crippen LogP contribution in [0.25, 0.3) is 16.7 Å². The second-order valence-electron chi connectivity index (χ2n) is 7.70. The molecule has 0 spiro atoms. The van der Waals surface area contributed by atoms with E-state index in [1.54, 1.807) is 11.2 Å². The molecule has 0 fully saturated rings. The van der Waals surface area contributed by atoms with Crippen molar-refractivity contribution in [2.24, 2.45) is 4.99 Å². The van der Waals surface area contributed by atoms with Crippen molar-refractivity contribution in [3.63, 3.8) is 0 Å². The number of amides is 1. The molecular weight excluding hydrogens is 344 g/mol. The van der Waals surface area contributed by atoms with Gasteiger partial charge in [-0.05, 0) is 32.9 Å². The van der Waals surface area contributed by atoms with E-state index >= 15 is 0 Å². The third kappa shape index (κ3) is 4.45. The monoisotopic (exact) mass is 370 g/mol. The van der Waals surface area contributed by atoms with Crippen molar-refractivity contribution in [1.82, 2.24) is 24.3 Å². The predicted octanol–water partition coefficient (Wildman–Crippen LogP) is 3.13. The normalized spacial score (nSPS) is 15.3. The van der Waals surface area contributed by atoms with Crippen LogP contribution in [-0.2, 0) is 4.74 Å². The highest BCUT2D eigenvalue weighted by Gasteiger charge is 2.24. The Morgan fingerprint density at radius 3 is 2.74 bits per heavy atom. The second kappa shape index (κ2) is 7.38. The molecule has 27 heavy (non-hydrogen) atoms.